The minimum Gasteiger partial charge on any atom is -0.374 e. The van der Waals surface area contributed by atoms with E-state index in [1.165, 1.54) is 32.1 Å². The van der Waals surface area contributed by atoms with E-state index in [4.69, 9.17) is 10.5 Å². The Balaban J connectivity index is 1.82. The van der Waals surface area contributed by atoms with Crippen molar-refractivity contribution in [2.75, 3.05) is 17.3 Å². The standard InChI is InChI=1S/C18H28N2O2S/c1-23-11-10-17(19)18(21)20-15-7-5-6-14(12-15)13-22-16-8-3-2-4-9-16/h5-7,12,16-17H,2-4,8-11,13,19H2,1H3,(H,20,21)/t17-/m0/s1. The Bertz CT molecular complexity index is 490. The lowest BCUT2D eigenvalue weighted by Crippen LogP contribution is -2.36. The minimum absolute atomic E-state index is 0.121. The van der Waals surface area contributed by atoms with E-state index >= 15 is 0 Å². The summed E-state index contributed by atoms with van der Waals surface area (Å²) in [4.78, 5) is 12.1. The highest BCUT2D eigenvalue weighted by Gasteiger charge is 2.15. The number of carbonyl (C=O) groups is 1. The van der Waals surface area contributed by atoms with Gasteiger partial charge in [-0.05, 0) is 49.0 Å². The maximum Gasteiger partial charge on any atom is 0.241 e. The average molecular weight is 337 g/mol. The predicted octanol–water partition coefficient (Wildman–Crippen LogP) is 3.55. The van der Waals surface area contributed by atoms with E-state index in [1.807, 2.05) is 30.5 Å². The lowest BCUT2D eigenvalue weighted by atomic mass is 9.98. The molecule has 1 atom stereocenters. The molecule has 1 amide bonds. The molecule has 1 aromatic carbocycles. The molecule has 0 spiro atoms. The van der Waals surface area contributed by atoms with Crippen LogP contribution in [-0.2, 0) is 16.1 Å². The van der Waals surface area contributed by atoms with Crippen molar-refractivity contribution < 1.29 is 9.53 Å². The van der Waals surface area contributed by atoms with Gasteiger partial charge in [-0.2, -0.15) is 11.8 Å². The molecule has 1 aromatic rings. The number of rotatable bonds is 8. The Morgan fingerprint density at radius 1 is 1.39 bits per heavy atom. The van der Waals surface area contributed by atoms with Crippen molar-refractivity contribution in [1.82, 2.24) is 0 Å². The molecule has 1 aliphatic carbocycles. The van der Waals surface area contributed by atoms with E-state index in [1.54, 1.807) is 11.8 Å². The van der Waals surface area contributed by atoms with Gasteiger partial charge in [-0.25, -0.2) is 0 Å². The molecule has 2 rings (SSSR count). The Hall–Kier alpha value is -1.04. The van der Waals surface area contributed by atoms with Crippen LogP contribution in [-0.4, -0.2) is 30.1 Å². The molecule has 1 fully saturated rings. The van der Waals surface area contributed by atoms with Gasteiger partial charge in [-0.3, -0.25) is 4.79 Å². The van der Waals surface area contributed by atoms with Gasteiger partial charge in [0, 0.05) is 5.69 Å². The summed E-state index contributed by atoms with van der Waals surface area (Å²) in [6, 6.07) is 7.39. The zero-order valence-electron chi connectivity index (χ0n) is 13.9. The van der Waals surface area contributed by atoms with Crippen LogP contribution in [0.25, 0.3) is 0 Å². The van der Waals surface area contributed by atoms with Gasteiger partial charge >= 0.3 is 0 Å². The van der Waals surface area contributed by atoms with Crippen molar-refractivity contribution >= 4 is 23.4 Å². The molecule has 128 valence electrons. The molecular formula is C18H28N2O2S. The van der Waals surface area contributed by atoms with E-state index in [-0.39, 0.29) is 5.91 Å². The molecule has 0 radical (unpaired) electrons. The number of amides is 1. The smallest absolute Gasteiger partial charge is 0.241 e. The summed E-state index contributed by atoms with van der Waals surface area (Å²) in [6.07, 6.45) is 9.31. The fraction of sp³-hybridized carbons (Fsp3) is 0.611. The number of anilines is 1. The van der Waals surface area contributed by atoms with Gasteiger partial charge in [0.25, 0.3) is 0 Å². The van der Waals surface area contributed by atoms with Gasteiger partial charge in [-0.15, -0.1) is 0 Å². The SMILES string of the molecule is CSCC[C@H](N)C(=O)Nc1cccc(COC2CCCCC2)c1. The molecule has 4 nitrogen and oxygen atoms in total. The van der Waals surface area contributed by atoms with Crippen LogP contribution in [0.5, 0.6) is 0 Å². The van der Waals surface area contributed by atoms with Crippen LogP contribution in [0.15, 0.2) is 24.3 Å². The summed E-state index contributed by atoms with van der Waals surface area (Å²) in [5.74, 6) is 0.772. The average Bonchev–Trinajstić information content (AvgIpc) is 2.59. The first-order valence-corrected chi connectivity index (χ1v) is 9.84. The fourth-order valence-corrected chi connectivity index (χ4v) is 3.29. The van der Waals surface area contributed by atoms with Gasteiger partial charge < -0.3 is 15.8 Å². The van der Waals surface area contributed by atoms with Crippen LogP contribution in [0.2, 0.25) is 0 Å². The molecule has 0 heterocycles. The third-order valence-corrected chi connectivity index (χ3v) is 4.85. The second-order valence-electron chi connectivity index (χ2n) is 6.15. The largest absolute Gasteiger partial charge is 0.374 e. The molecular weight excluding hydrogens is 308 g/mol. The van der Waals surface area contributed by atoms with Crippen molar-refractivity contribution in [3.05, 3.63) is 29.8 Å². The van der Waals surface area contributed by atoms with Crippen molar-refractivity contribution in [2.24, 2.45) is 5.73 Å². The number of thioether (sulfide) groups is 1. The van der Waals surface area contributed by atoms with E-state index in [2.05, 4.69) is 5.32 Å². The Morgan fingerprint density at radius 2 is 2.17 bits per heavy atom. The molecule has 0 unspecified atom stereocenters. The summed E-state index contributed by atoms with van der Waals surface area (Å²) in [5, 5.41) is 2.90. The summed E-state index contributed by atoms with van der Waals surface area (Å²) in [7, 11) is 0. The second kappa shape index (κ2) is 9.96. The Kier molecular flexibility index (Phi) is 7.92. The van der Waals surface area contributed by atoms with Crippen LogP contribution >= 0.6 is 11.8 Å². The summed E-state index contributed by atoms with van der Waals surface area (Å²) >= 11 is 1.70. The number of carbonyl (C=O) groups excluding carboxylic acids is 1. The first-order chi connectivity index (χ1) is 11.2. The number of hydrogen-bond acceptors (Lipinski definition) is 4. The summed E-state index contributed by atoms with van der Waals surface area (Å²) < 4.78 is 5.99. The first kappa shape index (κ1) is 18.3. The van der Waals surface area contributed by atoms with Crippen molar-refractivity contribution in [2.45, 2.75) is 57.3 Å². The maximum absolute atomic E-state index is 12.1. The van der Waals surface area contributed by atoms with Crippen LogP contribution in [0.3, 0.4) is 0 Å². The molecule has 3 N–H and O–H groups in total. The summed E-state index contributed by atoms with van der Waals surface area (Å²) in [6.45, 7) is 0.604. The molecule has 1 saturated carbocycles. The zero-order valence-corrected chi connectivity index (χ0v) is 14.7. The number of nitrogens with one attached hydrogen (secondary N) is 1. The highest BCUT2D eigenvalue weighted by molar-refractivity contribution is 7.98. The lowest BCUT2D eigenvalue weighted by Gasteiger charge is -2.22. The van der Waals surface area contributed by atoms with Gasteiger partial charge in [0.15, 0.2) is 0 Å². The third kappa shape index (κ3) is 6.53. The first-order valence-electron chi connectivity index (χ1n) is 8.45. The number of benzene rings is 1. The number of hydrogen-bond donors (Lipinski definition) is 2. The van der Waals surface area contributed by atoms with Crippen LogP contribution < -0.4 is 11.1 Å². The highest BCUT2D eigenvalue weighted by Crippen LogP contribution is 2.22. The second-order valence-corrected chi connectivity index (χ2v) is 7.13. The molecule has 0 saturated heterocycles. The minimum atomic E-state index is -0.454. The van der Waals surface area contributed by atoms with Crippen molar-refractivity contribution in [1.29, 1.82) is 0 Å². The van der Waals surface area contributed by atoms with E-state index in [0.29, 0.717) is 19.1 Å². The maximum atomic E-state index is 12.1. The lowest BCUT2D eigenvalue weighted by molar-refractivity contribution is -0.117. The van der Waals surface area contributed by atoms with Gasteiger partial charge in [-0.1, -0.05) is 31.4 Å². The monoisotopic (exact) mass is 336 g/mol. The molecule has 5 heteroatoms. The molecule has 0 aromatic heterocycles. The number of ether oxygens (including phenoxy) is 1. The highest BCUT2D eigenvalue weighted by atomic mass is 32.2. The van der Waals surface area contributed by atoms with Crippen molar-refractivity contribution in [3.63, 3.8) is 0 Å². The Morgan fingerprint density at radius 3 is 2.91 bits per heavy atom. The predicted molar refractivity (Wildman–Crippen MR) is 97.7 cm³/mol. The van der Waals surface area contributed by atoms with E-state index in [0.717, 1.165) is 17.0 Å². The molecule has 0 bridgehead atoms. The van der Waals surface area contributed by atoms with Crippen LogP contribution in [0, 0.1) is 0 Å². The van der Waals surface area contributed by atoms with Gasteiger partial charge in [0.05, 0.1) is 18.8 Å². The quantitative estimate of drug-likeness (QED) is 0.762. The molecule has 1 aliphatic rings. The Labute approximate surface area is 143 Å². The van der Waals surface area contributed by atoms with E-state index in [9.17, 15) is 4.79 Å². The topological polar surface area (TPSA) is 64.4 Å². The summed E-state index contributed by atoms with van der Waals surface area (Å²) in [5.41, 5.74) is 7.78. The van der Waals surface area contributed by atoms with Crippen LogP contribution in [0.4, 0.5) is 5.69 Å². The van der Waals surface area contributed by atoms with Crippen molar-refractivity contribution in [3.8, 4) is 0 Å². The molecule has 0 aliphatic heterocycles. The third-order valence-electron chi connectivity index (χ3n) is 4.20. The van der Waals surface area contributed by atoms with Crippen LogP contribution in [0.1, 0.15) is 44.1 Å². The molecule has 23 heavy (non-hydrogen) atoms. The van der Waals surface area contributed by atoms with Gasteiger partial charge in [0.2, 0.25) is 5.91 Å². The van der Waals surface area contributed by atoms with E-state index < -0.39 is 6.04 Å². The zero-order chi connectivity index (χ0) is 16.5. The van der Waals surface area contributed by atoms with Gasteiger partial charge in [0.1, 0.15) is 0 Å². The number of nitrogens with two attached hydrogens (primary N) is 1. The fourth-order valence-electron chi connectivity index (χ4n) is 2.80. The normalized spacial score (nSPS) is 17.0.